The van der Waals surface area contributed by atoms with Crippen LogP contribution in [0.25, 0.3) is 0 Å². The maximum atomic E-state index is 12.4. The molecule has 0 atom stereocenters. The highest BCUT2D eigenvalue weighted by Crippen LogP contribution is 2.33. The molecule has 0 spiro atoms. The number of hydrogen-bond donors (Lipinski definition) is 0. The second-order valence-electron chi connectivity index (χ2n) is 2.51. The lowest BCUT2D eigenvalue weighted by atomic mass is 10.2. The zero-order valence-corrected chi connectivity index (χ0v) is 8.19. The SMILES string of the molecule is COC(=O)c1c(Cl)ccnc1C(F)(F)F. The van der Waals surface area contributed by atoms with E-state index >= 15 is 0 Å². The third-order valence-corrected chi connectivity index (χ3v) is 1.87. The monoisotopic (exact) mass is 239 g/mol. The van der Waals surface area contributed by atoms with Crippen molar-refractivity contribution in [2.75, 3.05) is 7.11 Å². The molecule has 1 heterocycles. The van der Waals surface area contributed by atoms with Crippen LogP contribution >= 0.6 is 11.6 Å². The van der Waals surface area contributed by atoms with E-state index in [9.17, 15) is 18.0 Å². The molecular weight excluding hydrogens is 235 g/mol. The number of pyridine rings is 1. The van der Waals surface area contributed by atoms with Crippen LogP contribution < -0.4 is 0 Å². The number of hydrogen-bond acceptors (Lipinski definition) is 3. The average molecular weight is 240 g/mol. The lowest BCUT2D eigenvalue weighted by Gasteiger charge is -2.10. The van der Waals surface area contributed by atoms with Crippen LogP contribution in [0.1, 0.15) is 16.1 Å². The maximum absolute atomic E-state index is 12.4. The van der Waals surface area contributed by atoms with Crippen molar-refractivity contribution in [1.82, 2.24) is 4.98 Å². The van der Waals surface area contributed by atoms with Crippen molar-refractivity contribution in [3.63, 3.8) is 0 Å². The van der Waals surface area contributed by atoms with Crippen LogP contribution in [0, 0.1) is 0 Å². The minimum Gasteiger partial charge on any atom is -0.465 e. The molecule has 0 fully saturated rings. The lowest BCUT2D eigenvalue weighted by Crippen LogP contribution is -2.16. The van der Waals surface area contributed by atoms with E-state index in [1.807, 2.05) is 0 Å². The van der Waals surface area contributed by atoms with E-state index in [1.165, 1.54) is 0 Å². The minimum atomic E-state index is -4.74. The normalized spacial score (nSPS) is 11.3. The maximum Gasteiger partial charge on any atom is 0.434 e. The van der Waals surface area contributed by atoms with E-state index in [-0.39, 0.29) is 5.02 Å². The first-order valence-electron chi connectivity index (χ1n) is 3.68. The highest BCUT2D eigenvalue weighted by molar-refractivity contribution is 6.33. The number of nitrogens with zero attached hydrogens (tertiary/aromatic N) is 1. The van der Waals surface area contributed by atoms with Crippen molar-refractivity contribution in [2.24, 2.45) is 0 Å². The number of halogens is 4. The van der Waals surface area contributed by atoms with E-state index in [0.717, 1.165) is 19.4 Å². The Bertz CT molecular complexity index is 392. The summed E-state index contributed by atoms with van der Waals surface area (Å²) in [4.78, 5) is 14.1. The van der Waals surface area contributed by atoms with Gasteiger partial charge in [-0.05, 0) is 6.07 Å². The van der Waals surface area contributed by atoms with Crippen molar-refractivity contribution >= 4 is 17.6 Å². The molecule has 0 bridgehead atoms. The van der Waals surface area contributed by atoms with Gasteiger partial charge in [0.25, 0.3) is 0 Å². The van der Waals surface area contributed by atoms with Crippen molar-refractivity contribution in [2.45, 2.75) is 6.18 Å². The van der Waals surface area contributed by atoms with Crippen molar-refractivity contribution < 1.29 is 22.7 Å². The second-order valence-corrected chi connectivity index (χ2v) is 2.91. The molecule has 0 amide bonds. The molecule has 0 unspecified atom stereocenters. The van der Waals surface area contributed by atoms with Gasteiger partial charge in [-0.3, -0.25) is 4.98 Å². The Kier molecular flexibility index (Phi) is 3.18. The third-order valence-electron chi connectivity index (χ3n) is 1.56. The summed E-state index contributed by atoms with van der Waals surface area (Å²) in [6, 6.07) is 1.09. The summed E-state index contributed by atoms with van der Waals surface area (Å²) >= 11 is 5.47. The third kappa shape index (κ3) is 2.38. The van der Waals surface area contributed by atoms with Crippen LogP contribution in [-0.4, -0.2) is 18.1 Å². The molecule has 82 valence electrons. The van der Waals surface area contributed by atoms with Gasteiger partial charge in [-0.1, -0.05) is 11.6 Å². The van der Waals surface area contributed by atoms with Gasteiger partial charge in [0.15, 0.2) is 5.69 Å². The van der Waals surface area contributed by atoms with Gasteiger partial charge in [0.2, 0.25) is 0 Å². The average Bonchev–Trinajstić information content (AvgIpc) is 2.15. The van der Waals surface area contributed by atoms with Crippen LogP contribution in [-0.2, 0) is 10.9 Å². The Morgan fingerprint density at radius 1 is 1.53 bits per heavy atom. The zero-order valence-electron chi connectivity index (χ0n) is 7.43. The second kappa shape index (κ2) is 4.06. The number of carbonyl (C=O) groups is 1. The number of aromatic nitrogens is 1. The summed E-state index contributed by atoms with van der Waals surface area (Å²) in [5.74, 6) is -1.17. The first-order chi connectivity index (χ1) is 6.88. The molecule has 0 saturated heterocycles. The Morgan fingerprint density at radius 2 is 2.13 bits per heavy atom. The molecule has 1 aromatic rings. The highest BCUT2D eigenvalue weighted by Gasteiger charge is 2.38. The number of methoxy groups -OCH3 is 1. The first kappa shape index (κ1) is 11.8. The molecule has 0 N–H and O–H groups in total. The number of ether oxygens (including phenoxy) is 1. The molecule has 0 aliphatic rings. The number of rotatable bonds is 1. The number of esters is 1. The van der Waals surface area contributed by atoms with Crippen LogP contribution in [0.15, 0.2) is 12.3 Å². The van der Waals surface area contributed by atoms with Gasteiger partial charge in [-0.15, -0.1) is 0 Å². The van der Waals surface area contributed by atoms with Gasteiger partial charge in [-0.25, -0.2) is 4.79 Å². The van der Waals surface area contributed by atoms with E-state index in [4.69, 9.17) is 11.6 Å². The predicted octanol–water partition coefficient (Wildman–Crippen LogP) is 2.54. The number of alkyl halides is 3. The van der Waals surface area contributed by atoms with Crippen molar-refractivity contribution in [3.8, 4) is 0 Å². The molecule has 1 rings (SSSR count). The molecule has 0 aliphatic carbocycles. The Morgan fingerprint density at radius 3 is 2.60 bits per heavy atom. The summed E-state index contributed by atoms with van der Waals surface area (Å²) in [7, 11) is 0.964. The minimum absolute atomic E-state index is 0.343. The summed E-state index contributed by atoms with van der Waals surface area (Å²) in [5, 5.41) is -0.343. The molecule has 3 nitrogen and oxygen atoms in total. The fourth-order valence-electron chi connectivity index (χ4n) is 0.949. The molecule has 7 heteroatoms. The van der Waals surface area contributed by atoms with Gasteiger partial charge in [0.05, 0.1) is 12.1 Å². The first-order valence-corrected chi connectivity index (χ1v) is 4.05. The van der Waals surface area contributed by atoms with Gasteiger partial charge < -0.3 is 4.74 Å². The molecular formula is C8H5ClF3NO2. The largest absolute Gasteiger partial charge is 0.465 e. The van der Waals surface area contributed by atoms with E-state index in [0.29, 0.717) is 0 Å². The van der Waals surface area contributed by atoms with Crippen LogP contribution in [0.3, 0.4) is 0 Å². The fraction of sp³-hybridized carbons (Fsp3) is 0.250. The highest BCUT2D eigenvalue weighted by atomic mass is 35.5. The van der Waals surface area contributed by atoms with E-state index in [1.54, 1.807) is 0 Å². The fourth-order valence-corrected chi connectivity index (χ4v) is 1.17. The Hall–Kier alpha value is -1.30. The summed E-state index contributed by atoms with van der Waals surface area (Å²) in [6.07, 6.45) is -3.87. The molecule has 0 aliphatic heterocycles. The van der Waals surface area contributed by atoms with Crippen LogP contribution in [0.2, 0.25) is 5.02 Å². The number of carbonyl (C=O) groups excluding carboxylic acids is 1. The smallest absolute Gasteiger partial charge is 0.434 e. The molecule has 0 saturated carbocycles. The summed E-state index contributed by atoms with van der Waals surface area (Å²) in [5.41, 5.74) is -2.11. The van der Waals surface area contributed by atoms with Gasteiger partial charge in [0, 0.05) is 6.20 Å². The molecule has 0 radical (unpaired) electrons. The zero-order chi connectivity index (χ0) is 11.6. The van der Waals surface area contributed by atoms with Crippen LogP contribution in [0.4, 0.5) is 13.2 Å². The van der Waals surface area contributed by atoms with Crippen LogP contribution in [0.5, 0.6) is 0 Å². The topological polar surface area (TPSA) is 39.2 Å². The lowest BCUT2D eigenvalue weighted by molar-refractivity contribution is -0.141. The molecule has 1 aromatic heterocycles. The molecule has 0 aromatic carbocycles. The quantitative estimate of drug-likeness (QED) is 0.707. The van der Waals surface area contributed by atoms with Gasteiger partial charge in [-0.2, -0.15) is 13.2 Å². The Balaban J connectivity index is 3.40. The van der Waals surface area contributed by atoms with Crippen molar-refractivity contribution in [3.05, 3.63) is 28.5 Å². The van der Waals surface area contributed by atoms with Gasteiger partial charge in [0.1, 0.15) is 5.56 Å². The predicted molar refractivity (Wildman–Crippen MR) is 45.6 cm³/mol. The summed E-state index contributed by atoms with van der Waals surface area (Å²) < 4.78 is 41.4. The standard InChI is InChI=1S/C8H5ClF3NO2/c1-15-7(14)5-4(9)2-3-13-6(5)8(10,11)12/h2-3H,1H3. The molecule has 15 heavy (non-hydrogen) atoms. The Labute approximate surface area is 87.8 Å². The summed E-state index contributed by atoms with van der Waals surface area (Å²) in [6.45, 7) is 0. The van der Waals surface area contributed by atoms with E-state index < -0.39 is 23.4 Å². The van der Waals surface area contributed by atoms with Gasteiger partial charge >= 0.3 is 12.1 Å². The van der Waals surface area contributed by atoms with Crippen molar-refractivity contribution in [1.29, 1.82) is 0 Å². The van der Waals surface area contributed by atoms with E-state index in [2.05, 4.69) is 9.72 Å².